The van der Waals surface area contributed by atoms with Crippen LogP contribution in [0.15, 0.2) is 11.5 Å². The molecule has 0 aromatic heterocycles. The average molecular weight is 165 g/mol. The van der Waals surface area contributed by atoms with Gasteiger partial charge < -0.3 is 5.32 Å². The Hall–Kier alpha value is -0.390. The average Bonchev–Trinajstić information content (AvgIpc) is 2.42. The Morgan fingerprint density at radius 2 is 1.80 bits per heavy atom. The molecule has 1 aliphatic heterocycles. The van der Waals surface area contributed by atoms with Gasteiger partial charge in [-0.2, -0.15) is 8.42 Å². The zero-order valence-electron chi connectivity index (χ0n) is 5.79. The molecule has 10 heavy (non-hydrogen) atoms. The van der Waals surface area contributed by atoms with E-state index in [1.807, 2.05) is 0 Å². The molecule has 0 radical (unpaired) electrons. The molecular weight excluding hydrogens is 154 g/mol. The second-order valence-electron chi connectivity index (χ2n) is 1.93. The van der Waals surface area contributed by atoms with E-state index in [1.165, 1.54) is 20.0 Å². The summed E-state index contributed by atoms with van der Waals surface area (Å²) in [5.41, 5.74) is 0. The van der Waals surface area contributed by atoms with Gasteiger partial charge in [-0.05, 0) is 6.92 Å². The summed E-state index contributed by atoms with van der Waals surface area (Å²) in [6.07, 6.45) is 0. The standard InChI is InChI=1S/C3H6O3S.C2H5N/c1-3(2)7(4,5)6;1-2-3-1/h1H2,2H3,(H,4,5,6);3H,1-2H2. The second kappa shape index (κ2) is 3.70. The van der Waals surface area contributed by atoms with Gasteiger partial charge in [-0.15, -0.1) is 0 Å². The van der Waals surface area contributed by atoms with Gasteiger partial charge in [-0.1, -0.05) is 6.58 Å². The van der Waals surface area contributed by atoms with Gasteiger partial charge in [0, 0.05) is 13.1 Å². The first-order chi connectivity index (χ1) is 4.44. The van der Waals surface area contributed by atoms with Gasteiger partial charge >= 0.3 is 0 Å². The molecule has 1 heterocycles. The van der Waals surface area contributed by atoms with Crippen LogP contribution in [-0.2, 0) is 10.1 Å². The fourth-order valence-corrected chi connectivity index (χ4v) is 0. The Morgan fingerprint density at radius 3 is 1.80 bits per heavy atom. The van der Waals surface area contributed by atoms with E-state index in [0.717, 1.165) is 0 Å². The first-order valence-electron chi connectivity index (χ1n) is 2.78. The Morgan fingerprint density at radius 1 is 1.60 bits per heavy atom. The first-order valence-corrected chi connectivity index (χ1v) is 4.22. The summed E-state index contributed by atoms with van der Waals surface area (Å²) in [4.78, 5) is -0.229. The molecule has 4 nitrogen and oxygen atoms in total. The van der Waals surface area contributed by atoms with E-state index in [4.69, 9.17) is 4.55 Å². The highest BCUT2D eigenvalue weighted by Crippen LogP contribution is 1.94. The summed E-state index contributed by atoms with van der Waals surface area (Å²) < 4.78 is 27.5. The summed E-state index contributed by atoms with van der Waals surface area (Å²) in [5.74, 6) is 0. The summed E-state index contributed by atoms with van der Waals surface area (Å²) in [6, 6.07) is 0. The van der Waals surface area contributed by atoms with Crippen molar-refractivity contribution in [2.24, 2.45) is 0 Å². The van der Waals surface area contributed by atoms with Crippen molar-refractivity contribution in [1.29, 1.82) is 0 Å². The van der Waals surface area contributed by atoms with Gasteiger partial charge in [-0.3, -0.25) is 4.55 Å². The molecule has 60 valence electrons. The van der Waals surface area contributed by atoms with Crippen LogP contribution in [0.3, 0.4) is 0 Å². The van der Waals surface area contributed by atoms with Crippen LogP contribution in [0, 0.1) is 0 Å². The van der Waals surface area contributed by atoms with Crippen molar-refractivity contribution in [3.8, 4) is 0 Å². The molecule has 0 amide bonds. The number of rotatable bonds is 1. The molecule has 2 N–H and O–H groups in total. The third-order valence-electron chi connectivity index (χ3n) is 0.690. The van der Waals surface area contributed by atoms with E-state index in [1.54, 1.807) is 0 Å². The van der Waals surface area contributed by atoms with Crippen LogP contribution in [0.2, 0.25) is 0 Å². The molecule has 0 aliphatic carbocycles. The Kier molecular flexibility index (Phi) is 3.55. The van der Waals surface area contributed by atoms with Gasteiger partial charge in [0.15, 0.2) is 0 Å². The zero-order chi connectivity index (χ0) is 8.20. The minimum Gasteiger partial charge on any atom is -0.314 e. The highest BCUT2D eigenvalue weighted by Gasteiger charge is 2.01. The van der Waals surface area contributed by atoms with Crippen molar-refractivity contribution in [3.05, 3.63) is 11.5 Å². The van der Waals surface area contributed by atoms with Gasteiger partial charge in [0.1, 0.15) is 0 Å². The molecule has 1 rings (SSSR count). The summed E-state index contributed by atoms with van der Waals surface area (Å²) in [5, 5.41) is 3.00. The first kappa shape index (κ1) is 9.61. The largest absolute Gasteiger partial charge is 0.314 e. The Labute approximate surface area is 60.7 Å². The number of hydrogen-bond acceptors (Lipinski definition) is 3. The maximum Gasteiger partial charge on any atom is 0.289 e. The molecule has 0 aromatic rings. The van der Waals surface area contributed by atoms with E-state index in [0.29, 0.717) is 0 Å². The Bertz CT molecular complexity index is 202. The van der Waals surface area contributed by atoms with Gasteiger partial charge in [0.25, 0.3) is 10.1 Å². The van der Waals surface area contributed by atoms with Crippen LogP contribution in [0.1, 0.15) is 6.92 Å². The van der Waals surface area contributed by atoms with Crippen LogP contribution in [0.5, 0.6) is 0 Å². The lowest BCUT2D eigenvalue weighted by Gasteiger charge is -1.86. The van der Waals surface area contributed by atoms with Crippen LogP contribution in [0.4, 0.5) is 0 Å². The van der Waals surface area contributed by atoms with Crippen molar-refractivity contribution in [1.82, 2.24) is 5.32 Å². The lowest BCUT2D eigenvalue weighted by Crippen LogP contribution is -1.95. The van der Waals surface area contributed by atoms with Gasteiger partial charge in [-0.25, -0.2) is 0 Å². The van der Waals surface area contributed by atoms with E-state index in [2.05, 4.69) is 11.9 Å². The molecule has 0 spiro atoms. The van der Waals surface area contributed by atoms with Crippen LogP contribution >= 0.6 is 0 Å². The molecule has 1 aliphatic rings. The predicted molar refractivity (Wildman–Crippen MR) is 39.2 cm³/mol. The van der Waals surface area contributed by atoms with Crippen molar-refractivity contribution in [2.75, 3.05) is 13.1 Å². The lowest BCUT2D eigenvalue weighted by atomic mass is 10.8. The van der Waals surface area contributed by atoms with Crippen LogP contribution < -0.4 is 5.32 Å². The van der Waals surface area contributed by atoms with E-state index < -0.39 is 10.1 Å². The highest BCUT2D eigenvalue weighted by molar-refractivity contribution is 7.89. The van der Waals surface area contributed by atoms with E-state index in [-0.39, 0.29) is 4.91 Å². The maximum absolute atomic E-state index is 9.79. The summed E-state index contributed by atoms with van der Waals surface area (Å²) in [7, 11) is -3.94. The third kappa shape index (κ3) is 7.61. The summed E-state index contributed by atoms with van der Waals surface area (Å²) in [6.45, 7) is 6.71. The fourth-order valence-electron chi connectivity index (χ4n) is 0. The molecule has 5 heteroatoms. The van der Waals surface area contributed by atoms with Crippen molar-refractivity contribution < 1.29 is 13.0 Å². The Balaban J connectivity index is 0.000000219. The molecule has 0 bridgehead atoms. The lowest BCUT2D eigenvalue weighted by molar-refractivity contribution is 0.491. The molecular formula is C5H11NO3S. The molecule has 0 saturated carbocycles. The number of allylic oxidation sites excluding steroid dienone is 1. The summed E-state index contributed by atoms with van der Waals surface area (Å²) >= 11 is 0. The van der Waals surface area contributed by atoms with Crippen LogP contribution in [-0.4, -0.2) is 26.1 Å². The predicted octanol–water partition coefficient (Wildman–Crippen LogP) is -0.00260. The molecule has 0 unspecified atom stereocenters. The van der Waals surface area contributed by atoms with Crippen LogP contribution in [0.25, 0.3) is 0 Å². The van der Waals surface area contributed by atoms with E-state index >= 15 is 0 Å². The normalized spacial score (nSPS) is 15.0. The quantitative estimate of drug-likeness (QED) is 0.423. The highest BCUT2D eigenvalue weighted by atomic mass is 32.2. The monoisotopic (exact) mass is 165 g/mol. The molecule has 0 aromatic carbocycles. The molecule has 0 atom stereocenters. The minimum absolute atomic E-state index is 0.229. The topological polar surface area (TPSA) is 76.3 Å². The SMILES string of the molecule is C1CN1.C=C(C)S(=O)(=O)O. The van der Waals surface area contributed by atoms with Gasteiger partial charge in [0.2, 0.25) is 0 Å². The van der Waals surface area contributed by atoms with Gasteiger partial charge in [0.05, 0.1) is 4.91 Å². The molecule has 1 fully saturated rings. The zero-order valence-corrected chi connectivity index (χ0v) is 6.61. The van der Waals surface area contributed by atoms with E-state index in [9.17, 15) is 8.42 Å². The number of nitrogens with one attached hydrogen (secondary N) is 1. The third-order valence-corrected chi connectivity index (χ3v) is 1.57. The van der Waals surface area contributed by atoms with Crippen molar-refractivity contribution in [3.63, 3.8) is 0 Å². The number of hydrogen-bond donors (Lipinski definition) is 2. The maximum atomic E-state index is 9.79. The smallest absolute Gasteiger partial charge is 0.289 e. The van der Waals surface area contributed by atoms with Crippen molar-refractivity contribution in [2.45, 2.75) is 6.92 Å². The van der Waals surface area contributed by atoms with Crippen molar-refractivity contribution >= 4 is 10.1 Å². The fraction of sp³-hybridized carbons (Fsp3) is 0.600. The molecule has 1 saturated heterocycles. The minimum atomic E-state index is -3.94. The second-order valence-corrected chi connectivity index (χ2v) is 3.57.